The van der Waals surface area contributed by atoms with Crippen LogP contribution in [0.3, 0.4) is 0 Å². The van der Waals surface area contributed by atoms with E-state index in [-0.39, 0.29) is 116 Å². The standard InChI is InChI=1S/C8H14N.2Rb/c1-8-4-2-6-9(8)7-3-5-8;;/h2H,3-7H2,1H3;;/q-1;2*+1. The summed E-state index contributed by atoms with van der Waals surface area (Å²) in [7, 11) is 0. The van der Waals surface area contributed by atoms with Gasteiger partial charge in [0, 0.05) is 0 Å². The Labute approximate surface area is 168 Å². The van der Waals surface area contributed by atoms with Gasteiger partial charge in [0.25, 0.3) is 0 Å². The summed E-state index contributed by atoms with van der Waals surface area (Å²) >= 11 is 0. The number of nitrogens with zero attached hydrogens (tertiary/aromatic N) is 1. The molecule has 1 atom stereocenters. The fourth-order valence-corrected chi connectivity index (χ4v) is 2.15. The van der Waals surface area contributed by atoms with E-state index in [0.29, 0.717) is 5.54 Å². The zero-order valence-corrected chi connectivity index (χ0v) is 17.9. The van der Waals surface area contributed by atoms with Gasteiger partial charge in [-0.05, 0) is 31.8 Å². The molecule has 2 rings (SSSR count). The first-order valence-corrected chi connectivity index (χ1v) is 3.88. The average Bonchev–Trinajstić information content (AvgIpc) is 2.22. The number of hydrogen-bond donors (Lipinski definition) is 0. The Morgan fingerprint density at radius 1 is 1.36 bits per heavy atom. The minimum Gasteiger partial charge on any atom is -0.330 e. The molecule has 2 heterocycles. The maximum atomic E-state index is 2.60. The Morgan fingerprint density at radius 2 is 2.09 bits per heavy atom. The summed E-state index contributed by atoms with van der Waals surface area (Å²) in [6, 6.07) is 0. The molecule has 11 heavy (non-hydrogen) atoms. The molecular formula is C8H14NRb2+. The smallest absolute Gasteiger partial charge is 0.330 e. The predicted molar refractivity (Wildman–Crippen MR) is 38.1 cm³/mol. The molecule has 0 amide bonds. The zero-order chi connectivity index (χ0) is 6.32. The summed E-state index contributed by atoms with van der Waals surface area (Å²) in [5.41, 5.74) is 0.583. The predicted octanol–water partition coefficient (Wildman–Crippen LogP) is -4.54. The van der Waals surface area contributed by atoms with Gasteiger partial charge in [0.2, 0.25) is 0 Å². The molecule has 0 radical (unpaired) electrons. The molecule has 2 saturated heterocycles. The van der Waals surface area contributed by atoms with E-state index in [0.717, 1.165) is 0 Å². The summed E-state index contributed by atoms with van der Waals surface area (Å²) in [4.78, 5) is 2.60. The van der Waals surface area contributed by atoms with Crippen molar-refractivity contribution >= 4 is 0 Å². The van der Waals surface area contributed by atoms with Crippen molar-refractivity contribution in [1.82, 2.24) is 4.90 Å². The molecule has 1 nitrogen and oxygen atoms in total. The Kier molecular flexibility index (Phi) is 8.24. The molecule has 3 heteroatoms. The van der Waals surface area contributed by atoms with Crippen molar-refractivity contribution < 1.29 is 116 Å². The molecule has 0 aromatic rings. The summed E-state index contributed by atoms with van der Waals surface area (Å²) < 4.78 is 0. The summed E-state index contributed by atoms with van der Waals surface area (Å²) in [5.74, 6) is 0. The topological polar surface area (TPSA) is 3.24 Å². The molecule has 2 aliphatic heterocycles. The average molecular weight is 295 g/mol. The van der Waals surface area contributed by atoms with Crippen molar-refractivity contribution in [3.8, 4) is 0 Å². The van der Waals surface area contributed by atoms with E-state index < -0.39 is 0 Å². The maximum Gasteiger partial charge on any atom is 1.00 e. The van der Waals surface area contributed by atoms with Crippen LogP contribution in [0.2, 0.25) is 0 Å². The molecule has 0 N–H and O–H groups in total. The van der Waals surface area contributed by atoms with Crippen molar-refractivity contribution in [3.63, 3.8) is 0 Å². The first kappa shape index (κ1) is 14.6. The van der Waals surface area contributed by atoms with Crippen LogP contribution >= 0.6 is 0 Å². The molecule has 52 valence electrons. The third-order valence-electron chi connectivity index (χ3n) is 2.84. The molecule has 2 fully saturated rings. The van der Waals surface area contributed by atoms with Crippen LogP contribution in [0.4, 0.5) is 0 Å². The van der Waals surface area contributed by atoms with Gasteiger partial charge in [-0.3, -0.25) is 0 Å². The fraction of sp³-hybridized carbons (Fsp3) is 0.875. The van der Waals surface area contributed by atoms with Crippen LogP contribution in [-0.2, 0) is 0 Å². The summed E-state index contributed by atoms with van der Waals surface area (Å²) in [6.45, 7) is 4.98. The zero-order valence-electron chi connectivity index (χ0n) is 8.06. The van der Waals surface area contributed by atoms with Crippen LogP contribution in [0, 0.1) is 6.42 Å². The second kappa shape index (κ2) is 6.22. The molecule has 0 aromatic heterocycles. The van der Waals surface area contributed by atoms with Gasteiger partial charge in [-0.15, -0.1) is 6.54 Å². The Hall–Kier alpha value is 3.57. The van der Waals surface area contributed by atoms with Gasteiger partial charge >= 0.3 is 116 Å². The first-order valence-electron chi connectivity index (χ1n) is 3.88. The van der Waals surface area contributed by atoms with Crippen LogP contribution < -0.4 is 116 Å². The number of fused-ring (bicyclic) bond motifs is 1. The van der Waals surface area contributed by atoms with Gasteiger partial charge in [-0.25, -0.2) is 0 Å². The second-order valence-corrected chi connectivity index (χ2v) is 3.54. The van der Waals surface area contributed by atoms with Crippen LogP contribution in [0.1, 0.15) is 26.2 Å². The van der Waals surface area contributed by atoms with Crippen LogP contribution in [-0.4, -0.2) is 23.5 Å². The maximum absolute atomic E-state index is 2.60. The van der Waals surface area contributed by atoms with Gasteiger partial charge in [0.15, 0.2) is 0 Å². The van der Waals surface area contributed by atoms with E-state index in [4.69, 9.17) is 0 Å². The van der Waals surface area contributed by atoms with E-state index in [1.807, 2.05) is 0 Å². The monoisotopic (exact) mass is 294 g/mol. The Morgan fingerprint density at radius 3 is 2.73 bits per heavy atom. The van der Waals surface area contributed by atoms with Gasteiger partial charge in [0.05, 0.1) is 0 Å². The van der Waals surface area contributed by atoms with Gasteiger partial charge in [-0.2, -0.15) is 6.42 Å². The van der Waals surface area contributed by atoms with Crippen molar-refractivity contribution in [2.24, 2.45) is 0 Å². The van der Waals surface area contributed by atoms with Gasteiger partial charge < -0.3 is 11.3 Å². The summed E-state index contributed by atoms with van der Waals surface area (Å²) in [5, 5.41) is 0. The fourth-order valence-electron chi connectivity index (χ4n) is 2.15. The van der Waals surface area contributed by atoms with Gasteiger partial charge in [0.1, 0.15) is 0 Å². The quantitative estimate of drug-likeness (QED) is 0.407. The molecular weight excluding hydrogens is 281 g/mol. The molecule has 0 bridgehead atoms. The Bertz CT molecular complexity index is 117. The van der Waals surface area contributed by atoms with Crippen LogP contribution in [0.25, 0.3) is 0 Å². The molecule has 0 aliphatic carbocycles. The largest absolute Gasteiger partial charge is 1.00 e. The van der Waals surface area contributed by atoms with E-state index in [2.05, 4.69) is 18.2 Å². The molecule has 0 spiro atoms. The minimum atomic E-state index is 0. The van der Waals surface area contributed by atoms with E-state index in [1.165, 1.54) is 32.4 Å². The third kappa shape index (κ3) is 3.27. The van der Waals surface area contributed by atoms with Gasteiger partial charge in [-0.1, -0.05) is 0 Å². The van der Waals surface area contributed by atoms with E-state index >= 15 is 0 Å². The van der Waals surface area contributed by atoms with E-state index in [1.54, 1.807) is 0 Å². The van der Waals surface area contributed by atoms with Crippen molar-refractivity contribution in [3.05, 3.63) is 6.42 Å². The molecule has 1 unspecified atom stereocenters. The normalized spacial score (nSPS) is 35.7. The van der Waals surface area contributed by atoms with Crippen molar-refractivity contribution in [2.45, 2.75) is 31.7 Å². The van der Waals surface area contributed by atoms with Crippen LogP contribution in [0.5, 0.6) is 0 Å². The van der Waals surface area contributed by atoms with E-state index in [9.17, 15) is 0 Å². The van der Waals surface area contributed by atoms with Crippen molar-refractivity contribution in [2.75, 3.05) is 13.1 Å². The molecule has 2 aliphatic rings. The SMILES string of the molecule is CC12C[CH-]CN1CCC2.[Rb+].[Rb+]. The van der Waals surface area contributed by atoms with Crippen molar-refractivity contribution in [1.29, 1.82) is 0 Å². The molecule has 0 aromatic carbocycles. The first-order chi connectivity index (χ1) is 4.31. The third-order valence-corrected chi connectivity index (χ3v) is 2.84. The molecule has 0 saturated carbocycles. The number of rotatable bonds is 0. The number of hydrogen-bond acceptors (Lipinski definition) is 1. The Balaban J connectivity index is 0.000000500. The van der Waals surface area contributed by atoms with Crippen LogP contribution in [0.15, 0.2) is 0 Å². The minimum absolute atomic E-state index is 0. The second-order valence-electron chi connectivity index (χ2n) is 3.54. The summed E-state index contributed by atoms with van der Waals surface area (Å²) in [6.07, 6.45) is 6.58.